The van der Waals surface area contributed by atoms with Crippen molar-refractivity contribution >= 4 is 5.91 Å². The summed E-state index contributed by atoms with van der Waals surface area (Å²) in [7, 11) is 0. The van der Waals surface area contributed by atoms with Gasteiger partial charge < -0.3 is 4.90 Å². The van der Waals surface area contributed by atoms with E-state index in [0.717, 1.165) is 25.7 Å². The average molecular weight is 255 g/mol. The smallest absolute Gasteiger partial charge is 0.223 e. The van der Waals surface area contributed by atoms with Gasteiger partial charge in [-0.3, -0.25) is 4.79 Å². The highest BCUT2D eigenvalue weighted by atomic mass is 16.2. The third kappa shape index (κ3) is 6.42. The van der Waals surface area contributed by atoms with Gasteiger partial charge in [0.2, 0.25) is 5.91 Å². The Hall–Kier alpha value is -0.530. The maximum Gasteiger partial charge on any atom is 0.223 e. The lowest BCUT2D eigenvalue weighted by Crippen LogP contribution is -2.44. The molecule has 2 heteroatoms. The van der Waals surface area contributed by atoms with Gasteiger partial charge in [-0.05, 0) is 33.1 Å². The van der Waals surface area contributed by atoms with Crippen molar-refractivity contribution in [2.24, 2.45) is 0 Å². The van der Waals surface area contributed by atoms with E-state index in [4.69, 9.17) is 0 Å². The highest BCUT2D eigenvalue weighted by molar-refractivity contribution is 5.76. The van der Waals surface area contributed by atoms with Crippen molar-refractivity contribution in [2.45, 2.75) is 98.1 Å². The SMILES string of the molecule is CCCCCCCC(=O)N(C(C)CC)C(C)CC. The quantitative estimate of drug-likeness (QED) is 0.515. The topological polar surface area (TPSA) is 20.3 Å². The van der Waals surface area contributed by atoms with Crippen molar-refractivity contribution in [1.29, 1.82) is 0 Å². The summed E-state index contributed by atoms with van der Waals surface area (Å²) in [6.07, 6.45) is 8.93. The van der Waals surface area contributed by atoms with Crippen LogP contribution in [0.3, 0.4) is 0 Å². The third-order valence-corrected chi connectivity index (χ3v) is 3.91. The fraction of sp³-hybridized carbons (Fsp3) is 0.938. The number of unbranched alkanes of at least 4 members (excludes halogenated alkanes) is 4. The van der Waals surface area contributed by atoms with E-state index in [2.05, 4.69) is 39.5 Å². The lowest BCUT2D eigenvalue weighted by molar-refractivity contribution is -0.135. The summed E-state index contributed by atoms with van der Waals surface area (Å²) in [4.78, 5) is 14.4. The molecule has 0 aromatic heterocycles. The molecule has 0 bridgehead atoms. The van der Waals surface area contributed by atoms with E-state index in [1.165, 1.54) is 25.7 Å². The van der Waals surface area contributed by atoms with Crippen LogP contribution in [0.4, 0.5) is 0 Å². The van der Waals surface area contributed by atoms with Crippen LogP contribution in [0.2, 0.25) is 0 Å². The molecule has 0 aliphatic heterocycles. The number of rotatable bonds is 10. The molecule has 0 radical (unpaired) electrons. The summed E-state index contributed by atoms with van der Waals surface area (Å²) >= 11 is 0. The number of hydrogen-bond acceptors (Lipinski definition) is 1. The molecule has 18 heavy (non-hydrogen) atoms. The maximum absolute atomic E-state index is 12.3. The van der Waals surface area contributed by atoms with Gasteiger partial charge in [-0.2, -0.15) is 0 Å². The fourth-order valence-corrected chi connectivity index (χ4v) is 2.33. The number of carbonyl (C=O) groups is 1. The molecule has 0 rings (SSSR count). The van der Waals surface area contributed by atoms with Crippen molar-refractivity contribution in [3.05, 3.63) is 0 Å². The number of hydrogen-bond donors (Lipinski definition) is 0. The minimum atomic E-state index is 0.357. The minimum Gasteiger partial charge on any atom is -0.337 e. The largest absolute Gasteiger partial charge is 0.337 e. The second-order valence-corrected chi connectivity index (χ2v) is 5.48. The first kappa shape index (κ1) is 17.5. The fourth-order valence-electron chi connectivity index (χ4n) is 2.33. The van der Waals surface area contributed by atoms with E-state index in [0.29, 0.717) is 18.0 Å². The molecule has 2 unspecified atom stereocenters. The molecule has 0 fully saturated rings. The molecule has 0 aromatic carbocycles. The first-order chi connectivity index (χ1) is 8.58. The zero-order chi connectivity index (χ0) is 14.0. The van der Waals surface area contributed by atoms with Gasteiger partial charge in [0.25, 0.3) is 0 Å². The third-order valence-electron chi connectivity index (χ3n) is 3.91. The molecule has 0 aliphatic rings. The molecule has 2 atom stereocenters. The van der Waals surface area contributed by atoms with Gasteiger partial charge in [-0.1, -0.05) is 46.5 Å². The van der Waals surface area contributed by atoms with Gasteiger partial charge in [0.05, 0.1) is 0 Å². The van der Waals surface area contributed by atoms with Gasteiger partial charge in [-0.15, -0.1) is 0 Å². The minimum absolute atomic E-state index is 0.357. The molecule has 108 valence electrons. The summed E-state index contributed by atoms with van der Waals surface area (Å²) < 4.78 is 0. The van der Waals surface area contributed by atoms with Gasteiger partial charge in [-0.25, -0.2) is 0 Å². The average Bonchev–Trinajstić information content (AvgIpc) is 2.38. The normalized spacial score (nSPS) is 14.3. The van der Waals surface area contributed by atoms with Crippen LogP contribution in [0, 0.1) is 0 Å². The summed E-state index contributed by atoms with van der Waals surface area (Å²) in [5.74, 6) is 0.357. The Kier molecular flexibility index (Phi) is 10.1. The van der Waals surface area contributed by atoms with Crippen LogP contribution in [0.25, 0.3) is 0 Å². The Morgan fingerprint density at radius 3 is 1.83 bits per heavy atom. The van der Waals surface area contributed by atoms with Crippen molar-refractivity contribution in [3.63, 3.8) is 0 Å². The van der Waals surface area contributed by atoms with E-state index < -0.39 is 0 Å². The maximum atomic E-state index is 12.3. The Labute approximate surface area is 114 Å². The second kappa shape index (κ2) is 10.4. The van der Waals surface area contributed by atoms with Crippen molar-refractivity contribution in [2.75, 3.05) is 0 Å². The lowest BCUT2D eigenvalue weighted by atomic mass is 10.1. The molecule has 0 saturated heterocycles. The molecule has 0 saturated carbocycles. The van der Waals surface area contributed by atoms with Gasteiger partial charge >= 0.3 is 0 Å². The summed E-state index contributed by atoms with van der Waals surface area (Å²) in [5.41, 5.74) is 0. The van der Waals surface area contributed by atoms with Crippen LogP contribution in [-0.4, -0.2) is 22.9 Å². The van der Waals surface area contributed by atoms with E-state index in [1.54, 1.807) is 0 Å². The first-order valence-corrected chi connectivity index (χ1v) is 7.89. The molecule has 0 heterocycles. The Bertz CT molecular complexity index is 205. The second-order valence-electron chi connectivity index (χ2n) is 5.48. The Morgan fingerprint density at radius 1 is 0.889 bits per heavy atom. The van der Waals surface area contributed by atoms with Crippen LogP contribution in [0.1, 0.15) is 86.0 Å². The first-order valence-electron chi connectivity index (χ1n) is 7.89. The van der Waals surface area contributed by atoms with E-state index in [9.17, 15) is 4.79 Å². The van der Waals surface area contributed by atoms with Crippen LogP contribution >= 0.6 is 0 Å². The molecular weight excluding hydrogens is 222 g/mol. The summed E-state index contributed by atoms with van der Waals surface area (Å²) in [6, 6.07) is 0.756. The zero-order valence-electron chi connectivity index (χ0n) is 13.2. The summed E-state index contributed by atoms with van der Waals surface area (Å²) in [5, 5.41) is 0. The zero-order valence-corrected chi connectivity index (χ0v) is 13.2. The highest BCUT2D eigenvalue weighted by Crippen LogP contribution is 2.15. The lowest BCUT2D eigenvalue weighted by Gasteiger charge is -2.34. The van der Waals surface area contributed by atoms with Gasteiger partial charge in [0, 0.05) is 18.5 Å². The predicted octanol–water partition coefficient (Wildman–Crippen LogP) is 4.77. The molecule has 0 aromatic rings. The molecule has 0 aliphatic carbocycles. The van der Waals surface area contributed by atoms with Gasteiger partial charge in [0.15, 0.2) is 0 Å². The van der Waals surface area contributed by atoms with E-state index in [-0.39, 0.29) is 0 Å². The summed E-state index contributed by atoms with van der Waals surface area (Å²) in [6.45, 7) is 10.9. The molecule has 0 spiro atoms. The predicted molar refractivity (Wildman–Crippen MR) is 79.7 cm³/mol. The number of amides is 1. The van der Waals surface area contributed by atoms with Crippen LogP contribution in [-0.2, 0) is 4.79 Å². The van der Waals surface area contributed by atoms with E-state index in [1.807, 2.05) is 0 Å². The molecule has 1 amide bonds. The van der Waals surface area contributed by atoms with Crippen molar-refractivity contribution in [3.8, 4) is 0 Å². The standard InChI is InChI=1S/C16H33NO/c1-6-9-10-11-12-13-16(18)17(14(4)7-2)15(5)8-3/h14-15H,6-13H2,1-5H3. The molecule has 0 N–H and O–H groups in total. The van der Waals surface area contributed by atoms with Crippen molar-refractivity contribution in [1.82, 2.24) is 4.90 Å². The Balaban J connectivity index is 4.13. The number of carbonyl (C=O) groups excluding carboxylic acids is 1. The van der Waals surface area contributed by atoms with Crippen LogP contribution in [0.5, 0.6) is 0 Å². The van der Waals surface area contributed by atoms with Crippen LogP contribution < -0.4 is 0 Å². The highest BCUT2D eigenvalue weighted by Gasteiger charge is 2.22. The van der Waals surface area contributed by atoms with E-state index >= 15 is 0 Å². The molecule has 2 nitrogen and oxygen atoms in total. The molecular formula is C16H33NO. The number of nitrogens with zero attached hydrogens (tertiary/aromatic N) is 1. The van der Waals surface area contributed by atoms with Crippen LogP contribution in [0.15, 0.2) is 0 Å². The van der Waals surface area contributed by atoms with Crippen molar-refractivity contribution < 1.29 is 4.79 Å². The monoisotopic (exact) mass is 255 g/mol. The van der Waals surface area contributed by atoms with Gasteiger partial charge in [0.1, 0.15) is 0 Å². The Morgan fingerprint density at radius 2 is 1.39 bits per heavy atom.